The summed E-state index contributed by atoms with van der Waals surface area (Å²) >= 11 is 0. The molecule has 0 radical (unpaired) electrons. The van der Waals surface area contributed by atoms with Crippen LogP contribution in [0.15, 0.2) is 72.9 Å². The maximum atomic E-state index is 13.3. The molecule has 0 aliphatic carbocycles. The Kier molecular flexibility index (Phi) is 54.0. The van der Waals surface area contributed by atoms with Gasteiger partial charge in [0.05, 0.1) is 25.2 Å². The molecule has 0 heterocycles. The topological polar surface area (TPSA) is 95.9 Å². The zero-order valence-corrected chi connectivity index (χ0v) is 45.7. The third-order valence-corrected chi connectivity index (χ3v) is 13.3. The molecule has 0 fully saturated rings. The van der Waals surface area contributed by atoms with Gasteiger partial charge in [0.15, 0.2) is 0 Å². The Balaban J connectivity index is 4.64. The molecule has 1 amide bonds. The Bertz CT molecular complexity index is 1270. The van der Waals surface area contributed by atoms with Crippen LogP contribution in [0.3, 0.4) is 0 Å². The molecule has 0 aromatic heterocycles. The summed E-state index contributed by atoms with van der Waals surface area (Å²) in [6.07, 6.45) is 72.5. The average Bonchev–Trinajstić information content (AvgIpc) is 3.34. The summed E-state index contributed by atoms with van der Waals surface area (Å²) in [5, 5.41) is 23.9. The lowest BCUT2D eigenvalue weighted by molar-refractivity contribution is -0.151. The van der Waals surface area contributed by atoms with Crippen LogP contribution in [0.2, 0.25) is 0 Å². The number of amides is 1. The Morgan fingerprint density at radius 1 is 0.435 bits per heavy atom. The molecular weight excluding hydrogens is 851 g/mol. The maximum absolute atomic E-state index is 13.3. The number of hydrogen-bond donors (Lipinski definition) is 3. The lowest BCUT2D eigenvalue weighted by Gasteiger charge is -2.24. The Morgan fingerprint density at radius 3 is 1.28 bits per heavy atom. The van der Waals surface area contributed by atoms with Crippen molar-refractivity contribution in [2.75, 3.05) is 6.61 Å². The highest BCUT2D eigenvalue weighted by Crippen LogP contribution is 2.18. The molecule has 69 heavy (non-hydrogen) atoms. The third kappa shape index (κ3) is 51.5. The van der Waals surface area contributed by atoms with Crippen LogP contribution in [-0.4, -0.2) is 46.9 Å². The minimum absolute atomic E-state index is 0.0478. The number of hydrogen-bond acceptors (Lipinski definition) is 5. The predicted molar refractivity (Wildman–Crippen MR) is 301 cm³/mol. The standard InChI is InChI=1S/C63H113NO5/c1-4-7-10-13-16-19-22-25-28-30-31-32-35-38-41-44-47-50-53-56-63(68)69-59(54-51-48-45-42-39-36-34-29-26-23-20-17-14-11-8-5-2)57-62(67)64-60(58-65)61(66)55-52-49-46-43-40-37-33-27-24-21-18-15-12-9-6-3/h16,19,23,25-26,28-29,31-32,34,36,39,59-61,65-66H,4-15,17-18,20-22,24,27,30,33,35,37-38,40-58H2,1-3H3,(H,64,67)/b19-16-,26-23+,28-25-,32-31-,34-29+,39-36+. The average molecular weight is 965 g/mol. The summed E-state index contributed by atoms with van der Waals surface area (Å²) in [4.78, 5) is 26.3. The van der Waals surface area contributed by atoms with Crippen molar-refractivity contribution in [1.82, 2.24) is 5.32 Å². The molecule has 0 rings (SSSR count). The Hall–Kier alpha value is -2.70. The van der Waals surface area contributed by atoms with E-state index in [9.17, 15) is 19.8 Å². The van der Waals surface area contributed by atoms with E-state index < -0.39 is 18.2 Å². The van der Waals surface area contributed by atoms with Crippen LogP contribution in [0.1, 0.15) is 290 Å². The van der Waals surface area contributed by atoms with Crippen molar-refractivity contribution in [2.45, 2.75) is 309 Å². The van der Waals surface area contributed by atoms with Crippen molar-refractivity contribution in [3.05, 3.63) is 72.9 Å². The van der Waals surface area contributed by atoms with Crippen molar-refractivity contribution < 1.29 is 24.5 Å². The molecule has 0 saturated carbocycles. The Morgan fingerprint density at radius 2 is 0.797 bits per heavy atom. The van der Waals surface area contributed by atoms with Gasteiger partial charge in [-0.25, -0.2) is 0 Å². The molecule has 0 aromatic rings. The molecule has 0 bridgehead atoms. The molecule has 0 aromatic carbocycles. The number of rotatable bonds is 53. The normalized spacial score (nSPS) is 13.6. The van der Waals surface area contributed by atoms with Gasteiger partial charge in [0.25, 0.3) is 0 Å². The summed E-state index contributed by atoms with van der Waals surface area (Å²) in [6.45, 7) is 6.45. The van der Waals surface area contributed by atoms with E-state index in [4.69, 9.17) is 4.74 Å². The number of nitrogens with one attached hydrogen (secondary N) is 1. The predicted octanol–water partition coefficient (Wildman–Crippen LogP) is 18.5. The second-order valence-electron chi connectivity index (χ2n) is 20.1. The monoisotopic (exact) mass is 964 g/mol. The van der Waals surface area contributed by atoms with Crippen LogP contribution >= 0.6 is 0 Å². The van der Waals surface area contributed by atoms with Gasteiger partial charge in [-0.15, -0.1) is 0 Å². The first-order chi connectivity index (χ1) is 34.0. The van der Waals surface area contributed by atoms with Crippen molar-refractivity contribution >= 4 is 11.9 Å². The molecule has 0 aliphatic heterocycles. The molecule has 400 valence electrons. The maximum Gasteiger partial charge on any atom is 0.306 e. The number of aliphatic hydroxyl groups excluding tert-OH is 2. The second-order valence-corrected chi connectivity index (χ2v) is 20.1. The lowest BCUT2D eigenvalue weighted by atomic mass is 10.0. The first-order valence-electron chi connectivity index (χ1n) is 29.7. The first kappa shape index (κ1) is 66.3. The van der Waals surface area contributed by atoms with E-state index in [1.165, 1.54) is 154 Å². The van der Waals surface area contributed by atoms with E-state index in [-0.39, 0.29) is 24.9 Å². The van der Waals surface area contributed by atoms with Crippen LogP contribution < -0.4 is 5.32 Å². The summed E-state index contributed by atoms with van der Waals surface area (Å²) in [7, 11) is 0. The number of unbranched alkanes of at least 4 members (excludes halogenated alkanes) is 31. The van der Waals surface area contributed by atoms with Crippen molar-refractivity contribution in [3.8, 4) is 0 Å². The highest BCUT2D eigenvalue weighted by Gasteiger charge is 2.24. The third-order valence-electron chi connectivity index (χ3n) is 13.3. The van der Waals surface area contributed by atoms with E-state index >= 15 is 0 Å². The van der Waals surface area contributed by atoms with Gasteiger partial charge in [-0.1, -0.05) is 261 Å². The van der Waals surface area contributed by atoms with E-state index in [0.717, 1.165) is 89.9 Å². The van der Waals surface area contributed by atoms with Crippen LogP contribution in [-0.2, 0) is 14.3 Å². The molecule has 6 nitrogen and oxygen atoms in total. The van der Waals surface area contributed by atoms with Gasteiger partial charge in [0.1, 0.15) is 6.10 Å². The van der Waals surface area contributed by atoms with Crippen molar-refractivity contribution in [2.24, 2.45) is 0 Å². The fraction of sp³-hybridized carbons (Fsp3) is 0.778. The number of ether oxygens (including phenoxy) is 1. The van der Waals surface area contributed by atoms with E-state index in [1.807, 2.05) is 0 Å². The number of carbonyl (C=O) groups is 2. The number of esters is 1. The van der Waals surface area contributed by atoms with Crippen LogP contribution in [0.25, 0.3) is 0 Å². The van der Waals surface area contributed by atoms with Crippen LogP contribution in [0.4, 0.5) is 0 Å². The van der Waals surface area contributed by atoms with E-state index in [1.54, 1.807) is 0 Å². The van der Waals surface area contributed by atoms with Gasteiger partial charge < -0.3 is 20.3 Å². The van der Waals surface area contributed by atoms with Gasteiger partial charge in [-0.3, -0.25) is 9.59 Å². The number of carbonyl (C=O) groups excluding carboxylic acids is 2. The zero-order chi connectivity index (χ0) is 50.2. The first-order valence-corrected chi connectivity index (χ1v) is 29.7. The second kappa shape index (κ2) is 56.2. The summed E-state index contributed by atoms with van der Waals surface area (Å²) in [6, 6.07) is -0.719. The highest BCUT2D eigenvalue weighted by atomic mass is 16.5. The summed E-state index contributed by atoms with van der Waals surface area (Å²) in [5.41, 5.74) is 0. The van der Waals surface area contributed by atoms with Crippen molar-refractivity contribution in [3.63, 3.8) is 0 Å². The number of aliphatic hydroxyl groups is 2. The van der Waals surface area contributed by atoms with Gasteiger partial charge in [-0.2, -0.15) is 0 Å². The fourth-order valence-electron chi connectivity index (χ4n) is 8.79. The lowest BCUT2D eigenvalue weighted by Crippen LogP contribution is -2.46. The fourth-order valence-corrected chi connectivity index (χ4v) is 8.79. The van der Waals surface area contributed by atoms with Crippen molar-refractivity contribution in [1.29, 1.82) is 0 Å². The van der Waals surface area contributed by atoms with Gasteiger partial charge in [-0.05, 0) is 89.9 Å². The highest BCUT2D eigenvalue weighted by molar-refractivity contribution is 5.77. The largest absolute Gasteiger partial charge is 0.462 e. The van der Waals surface area contributed by atoms with E-state index in [2.05, 4.69) is 99.0 Å². The molecule has 6 heteroatoms. The van der Waals surface area contributed by atoms with Gasteiger partial charge >= 0.3 is 5.97 Å². The quantitative estimate of drug-likeness (QED) is 0.0244. The molecular formula is C63H113NO5. The summed E-state index contributed by atoms with van der Waals surface area (Å²) < 4.78 is 5.95. The molecule has 0 aliphatic rings. The number of allylic oxidation sites excluding steroid dienone is 12. The Labute approximate surface area is 428 Å². The van der Waals surface area contributed by atoms with Crippen LogP contribution in [0.5, 0.6) is 0 Å². The van der Waals surface area contributed by atoms with Gasteiger partial charge in [0, 0.05) is 6.42 Å². The van der Waals surface area contributed by atoms with E-state index in [0.29, 0.717) is 19.3 Å². The molecule has 3 atom stereocenters. The minimum atomic E-state index is -0.803. The van der Waals surface area contributed by atoms with Crippen LogP contribution in [0, 0.1) is 0 Å². The molecule has 0 saturated heterocycles. The SMILES string of the molecule is CCCCC/C=C\C/C=C\C/C=C\CCCCCCCCC(=O)OC(CCCCC/C=C/C=C/C=C/CCCCCCC)CC(=O)NC(CO)C(O)CCCCCCCCCCCCCCCCC. The van der Waals surface area contributed by atoms with Gasteiger partial charge in [0.2, 0.25) is 5.91 Å². The summed E-state index contributed by atoms with van der Waals surface area (Å²) in [5.74, 6) is -0.517. The smallest absolute Gasteiger partial charge is 0.306 e. The molecule has 3 N–H and O–H groups in total. The minimum Gasteiger partial charge on any atom is -0.462 e. The molecule has 0 spiro atoms. The molecule has 3 unspecified atom stereocenters. The zero-order valence-electron chi connectivity index (χ0n) is 45.7.